The highest BCUT2D eigenvalue weighted by molar-refractivity contribution is 7.11. The minimum Gasteiger partial charge on any atom is -0.378 e. The van der Waals surface area contributed by atoms with Crippen LogP contribution in [0.25, 0.3) is 0 Å². The van der Waals surface area contributed by atoms with Gasteiger partial charge >= 0.3 is 5.82 Å². The number of aromatic nitrogens is 1. The fraction of sp³-hybridized carbons (Fsp3) is 0.667. The van der Waals surface area contributed by atoms with Gasteiger partial charge in [0, 0.05) is 31.6 Å². The molecule has 0 amide bonds. The standard InChI is InChI=1S/C9H14N4O3S/c1-11(2)7-8(13(14)15)10-17-9(7)12-3-5-16-6-4-12/h3-6H2,1-2H3. The quantitative estimate of drug-likeness (QED) is 0.594. The summed E-state index contributed by atoms with van der Waals surface area (Å²) in [6, 6.07) is 0. The van der Waals surface area contributed by atoms with Gasteiger partial charge in [-0.1, -0.05) is 0 Å². The number of morpholine rings is 1. The van der Waals surface area contributed by atoms with E-state index in [4.69, 9.17) is 4.74 Å². The number of anilines is 2. The fourth-order valence-electron chi connectivity index (χ4n) is 1.75. The maximum Gasteiger partial charge on any atom is 0.404 e. The Labute approximate surface area is 103 Å². The highest BCUT2D eigenvalue weighted by atomic mass is 32.1. The minimum absolute atomic E-state index is 0.0681. The van der Waals surface area contributed by atoms with Crippen LogP contribution >= 0.6 is 11.5 Å². The lowest BCUT2D eigenvalue weighted by molar-refractivity contribution is -0.387. The first kappa shape index (κ1) is 12.1. The fourth-order valence-corrected chi connectivity index (χ4v) is 2.74. The van der Waals surface area contributed by atoms with Gasteiger partial charge in [0.2, 0.25) is 0 Å². The van der Waals surface area contributed by atoms with Gasteiger partial charge in [-0.2, -0.15) is 0 Å². The molecule has 2 rings (SSSR count). The second-order valence-electron chi connectivity index (χ2n) is 3.91. The van der Waals surface area contributed by atoms with Gasteiger partial charge in [-0.15, -0.1) is 0 Å². The Morgan fingerprint density at radius 3 is 2.65 bits per heavy atom. The van der Waals surface area contributed by atoms with Crippen LogP contribution in [-0.2, 0) is 4.74 Å². The summed E-state index contributed by atoms with van der Waals surface area (Å²) in [4.78, 5) is 14.3. The van der Waals surface area contributed by atoms with Crippen molar-refractivity contribution in [2.75, 3.05) is 50.2 Å². The van der Waals surface area contributed by atoms with Crippen molar-refractivity contribution in [2.45, 2.75) is 0 Å². The molecule has 1 aromatic heterocycles. The van der Waals surface area contributed by atoms with Gasteiger partial charge in [0.15, 0.2) is 10.7 Å². The van der Waals surface area contributed by atoms with Crippen LogP contribution in [-0.4, -0.2) is 49.7 Å². The zero-order valence-electron chi connectivity index (χ0n) is 9.75. The van der Waals surface area contributed by atoms with E-state index in [-0.39, 0.29) is 5.82 Å². The predicted octanol–water partition coefficient (Wildman–Crippen LogP) is 0.954. The first-order valence-electron chi connectivity index (χ1n) is 5.25. The van der Waals surface area contributed by atoms with Crippen LogP contribution in [0.15, 0.2) is 0 Å². The summed E-state index contributed by atoms with van der Waals surface area (Å²) in [6.45, 7) is 2.80. The molecule has 0 aliphatic carbocycles. The largest absolute Gasteiger partial charge is 0.404 e. The van der Waals surface area contributed by atoms with Gasteiger partial charge in [-0.3, -0.25) is 0 Å². The summed E-state index contributed by atoms with van der Waals surface area (Å²) in [5.74, 6) is -0.0681. The molecule has 0 unspecified atom stereocenters. The summed E-state index contributed by atoms with van der Waals surface area (Å²) < 4.78 is 9.20. The van der Waals surface area contributed by atoms with Crippen molar-refractivity contribution in [2.24, 2.45) is 0 Å². The molecule has 0 spiro atoms. The SMILES string of the molecule is CN(C)c1c([N+](=O)[O-])nsc1N1CCOCC1. The molecule has 0 radical (unpaired) electrons. The molecule has 1 aromatic rings. The molecule has 0 aromatic carbocycles. The highest BCUT2D eigenvalue weighted by Gasteiger charge is 2.29. The molecular formula is C9H14N4O3S. The van der Waals surface area contributed by atoms with Gasteiger partial charge in [0.1, 0.15) is 11.5 Å². The van der Waals surface area contributed by atoms with E-state index in [2.05, 4.69) is 9.27 Å². The van der Waals surface area contributed by atoms with Gasteiger partial charge < -0.3 is 24.7 Å². The van der Waals surface area contributed by atoms with E-state index >= 15 is 0 Å². The normalized spacial score (nSPS) is 16.0. The Balaban J connectivity index is 2.35. The molecule has 2 heterocycles. The average molecular weight is 258 g/mol. The first-order chi connectivity index (χ1) is 8.11. The van der Waals surface area contributed by atoms with Gasteiger partial charge in [-0.25, -0.2) is 0 Å². The summed E-state index contributed by atoms with van der Waals surface area (Å²) in [5, 5.41) is 11.8. The lowest BCUT2D eigenvalue weighted by atomic mass is 10.3. The van der Waals surface area contributed by atoms with E-state index in [9.17, 15) is 10.1 Å². The monoisotopic (exact) mass is 258 g/mol. The molecular weight excluding hydrogens is 244 g/mol. The third-order valence-corrected chi connectivity index (χ3v) is 3.44. The van der Waals surface area contributed by atoms with Crippen molar-refractivity contribution in [3.05, 3.63) is 10.1 Å². The van der Waals surface area contributed by atoms with Gasteiger partial charge in [-0.05, 0) is 4.92 Å². The van der Waals surface area contributed by atoms with Crippen molar-refractivity contribution in [1.82, 2.24) is 4.37 Å². The third kappa shape index (κ3) is 2.32. The van der Waals surface area contributed by atoms with Crippen molar-refractivity contribution in [3.63, 3.8) is 0 Å². The highest BCUT2D eigenvalue weighted by Crippen LogP contribution is 2.40. The van der Waals surface area contributed by atoms with Crippen LogP contribution in [0, 0.1) is 10.1 Å². The molecule has 17 heavy (non-hydrogen) atoms. The van der Waals surface area contributed by atoms with Crippen LogP contribution < -0.4 is 9.80 Å². The minimum atomic E-state index is -0.435. The molecule has 0 N–H and O–H groups in total. The third-order valence-electron chi connectivity index (χ3n) is 2.55. The molecule has 1 aliphatic rings. The molecule has 0 bridgehead atoms. The lowest BCUT2D eigenvalue weighted by Gasteiger charge is -2.28. The number of hydrogen-bond donors (Lipinski definition) is 0. The molecule has 1 aliphatic heterocycles. The van der Waals surface area contributed by atoms with Gasteiger partial charge in [0.05, 0.1) is 13.2 Å². The van der Waals surface area contributed by atoms with E-state index in [1.54, 1.807) is 19.0 Å². The van der Waals surface area contributed by atoms with Crippen molar-refractivity contribution < 1.29 is 9.66 Å². The van der Waals surface area contributed by atoms with Crippen molar-refractivity contribution in [1.29, 1.82) is 0 Å². The van der Waals surface area contributed by atoms with Crippen LogP contribution in [0.3, 0.4) is 0 Å². The van der Waals surface area contributed by atoms with E-state index in [1.165, 1.54) is 11.5 Å². The average Bonchev–Trinajstić information content (AvgIpc) is 2.74. The Morgan fingerprint density at radius 2 is 2.12 bits per heavy atom. The van der Waals surface area contributed by atoms with Crippen LogP contribution in [0.4, 0.5) is 16.5 Å². The molecule has 7 nitrogen and oxygen atoms in total. The predicted molar refractivity (Wildman–Crippen MR) is 66.1 cm³/mol. The lowest BCUT2D eigenvalue weighted by Crippen LogP contribution is -2.36. The molecule has 0 saturated carbocycles. The Morgan fingerprint density at radius 1 is 1.47 bits per heavy atom. The second kappa shape index (κ2) is 4.84. The van der Waals surface area contributed by atoms with E-state index in [1.807, 2.05) is 0 Å². The summed E-state index contributed by atoms with van der Waals surface area (Å²) in [5.41, 5.74) is 0.585. The van der Waals surface area contributed by atoms with Crippen LogP contribution in [0.1, 0.15) is 0 Å². The summed E-state index contributed by atoms with van der Waals surface area (Å²) in [6.07, 6.45) is 0. The molecule has 1 saturated heterocycles. The number of hydrogen-bond acceptors (Lipinski definition) is 7. The number of nitro groups is 1. The smallest absolute Gasteiger partial charge is 0.378 e. The van der Waals surface area contributed by atoms with E-state index < -0.39 is 4.92 Å². The maximum atomic E-state index is 10.9. The van der Waals surface area contributed by atoms with Crippen LogP contribution in [0.5, 0.6) is 0 Å². The maximum absolute atomic E-state index is 10.9. The van der Waals surface area contributed by atoms with Gasteiger partial charge in [0.25, 0.3) is 0 Å². The summed E-state index contributed by atoms with van der Waals surface area (Å²) in [7, 11) is 3.58. The Hall–Kier alpha value is -1.41. The number of rotatable bonds is 3. The number of ether oxygens (including phenoxy) is 1. The molecule has 8 heteroatoms. The molecule has 94 valence electrons. The van der Waals surface area contributed by atoms with E-state index in [0.29, 0.717) is 18.9 Å². The van der Waals surface area contributed by atoms with Crippen molar-refractivity contribution >= 4 is 28.0 Å². The second-order valence-corrected chi connectivity index (χ2v) is 4.66. The molecule has 1 fully saturated rings. The Bertz CT molecular complexity index is 414. The Kier molecular flexibility index (Phi) is 3.43. The topological polar surface area (TPSA) is 71.7 Å². The zero-order valence-corrected chi connectivity index (χ0v) is 10.6. The van der Waals surface area contributed by atoms with E-state index in [0.717, 1.165) is 18.1 Å². The summed E-state index contributed by atoms with van der Waals surface area (Å²) >= 11 is 1.18. The van der Waals surface area contributed by atoms with Crippen molar-refractivity contribution in [3.8, 4) is 0 Å². The number of nitrogens with zero attached hydrogens (tertiary/aromatic N) is 4. The zero-order chi connectivity index (χ0) is 12.4. The first-order valence-corrected chi connectivity index (χ1v) is 6.02. The molecule has 0 atom stereocenters. The van der Waals surface area contributed by atoms with Crippen LogP contribution in [0.2, 0.25) is 0 Å².